The highest BCUT2D eigenvalue weighted by Gasteiger charge is 2.05. The molecule has 0 aromatic carbocycles. The molecule has 0 aliphatic carbocycles. The van der Waals surface area contributed by atoms with Crippen molar-refractivity contribution in [2.45, 2.75) is 0 Å². The first-order valence-corrected chi connectivity index (χ1v) is 4.00. The maximum atomic E-state index is 5.58. The van der Waals surface area contributed by atoms with Crippen LogP contribution in [-0.2, 0) is 0 Å². The molecule has 0 aliphatic heterocycles. The summed E-state index contributed by atoms with van der Waals surface area (Å²) in [7, 11) is 0. The molecule has 56 valence electrons. The molecular formula is C5H3ClN4S. The van der Waals surface area contributed by atoms with Gasteiger partial charge < -0.3 is 4.98 Å². The van der Waals surface area contributed by atoms with Gasteiger partial charge in [-0.2, -0.15) is 4.37 Å². The van der Waals surface area contributed by atoms with E-state index in [0.29, 0.717) is 16.1 Å². The van der Waals surface area contributed by atoms with E-state index in [4.69, 9.17) is 11.6 Å². The van der Waals surface area contributed by atoms with E-state index < -0.39 is 0 Å². The Bertz CT molecular complexity index is 341. The molecule has 4 nitrogen and oxygen atoms in total. The molecule has 0 aliphatic rings. The van der Waals surface area contributed by atoms with Gasteiger partial charge in [-0.05, 0) is 23.1 Å². The summed E-state index contributed by atoms with van der Waals surface area (Å²) in [5, 5.41) is 0. The number of nitrogens with zero attached hydrogens (tertiary/aromatic N) is 3. The minimum Gasteiger partial charge on any atom is -0.342 e. The summed E-state index contributed by atoms with van der Waals surface area (Å²) in [6.07, 6.45) is 3.36. The van der Waals surface area contributed by atoms with Crippen LogP contribution in [-0.4, -0.2) is 19.3 Å². The molecule has 0 saturated heterocycles. The Morgan fingerprint density at radius 3 is 3.00 bits per heavy atom. The topological polar surface area (TPSA) is 54.5 Å². The van der Waals surface area contributed by atoms with Gasteiger partial charge in [-0.1, -0.05) is 0 Å². The fraction of sp³-hybridized carbons (Fsp3) is 0. The van der Waals surface area contributed by atoms with Crippen molar-refractivity contribution in [3.63, 3.8) is 0 Å². The third kappa shape index (κ3) is 1.24. The molecule has 11 heavy (non-hydrogen) atoms. The predicted molar refractivity (Wildman–Crippen MR) is 42.5 cm³/mol. The Morgan fingerprint density at radius 2 is 2.45 bits per heavy atom. The molecule has 2 heterocycles. The van der Waals surface area contributed by atoms with Crippen LogP contribution in [0.1, 0.15) is 0 Å². The van der Waals surface area contributed by atoms with Crippen LogP contribution in [0.2, 0.25) is 4.47 Å². The Kier molecular flexibility index (Phi) is 1.59. The number of nitrogens with one attached hydrogen (secondary N) is 1. The predicted octanol–water partition coefficient (Wildman–Crippen LogP) is 1.58. The molecule has 2 rings (SSSR count). The van der Waals surface area contributed by atoms with E-state index in [9.17, 15) is 0 Å². The van der Waals surface area contributed by atoms with Crippen molar-refractivity contribution < 1.29 is 0 Å². The van der Waals surface area contributed by atoms with Gasteiger partial charge in [0.05, 0.1) is 0 Å². The van der Waals surface area contributed by atoms with Gasteiger partial charge in [0.1, 0.15) is 0 Å². The SMILES string of the molecule is Clc1nc(-c2ncc[nH]2)ns1. The monoisotopic (exact) mass is 186 g/mol. The van der Waals surface area contributed by atoms with Gasteiger partial charge in [-0.25, -0.2) is 9.97 Å². The molecule has 0 radical (unpaired) electrons. The van der Waals surface area contributed by atoms with Crippen molar-refractivity contribution in [3.05, 3.63) is 16.9 Å². The van der Waals surface area contributed by atoms with Crippen LogP contribution in [0.5, 0.6) is 0 Å². The molecule has 0 spiro atoms. The highest BCUT2D eigenvalue weighted by molar-refractivity contribution is 7.10. The number of rotatable bonds is 1. The van der Waals surface area contributed by atoms with Gasteiger partial charge in [0, 0.05) is 12.4 Å². The van der Waals surface area contributed by atoms with Crippen molar-refractivity contribution in [2.24, 2.45) is 0 Å². The molecule has 0 unspecified atom stereocenters. The van der Waals surface area contributed by atoms with Gasteiger partial charge in [0.25, 0.3) is 0 Å². The van der Waals surface area contributed by atoms with Crippen LogP contribution in [0.25, 0.3) is 11.6 Å². The number of aromatic amines is 1. The maximum Gasteiger partial charge on any atom is 0.210 e. The van der Waals surface area contributed by atoms with Crippen molar-refractivity contribution in [2.75, 3.05) is 0 Å². The van der Waals surface area contributed by atoms with E-state index in [0.717, 1.165) is 11.5 Å². The lowest BCUT2D eigenvalue weighted by molar-refractivity contribution is 1.21. The van der Waals surface area contributed by atoms with E-state index in [1.165, 1.54) is 0 Å². The van der Waals surface area contributed by atoms with Gasteiger partial charge in [-0.3, -0.25) is 0 Å². The van der Waals surface area contributed by atoms with Crippen molar-refractivity contribution in [3.8, 4) is 11.6 Å². The number of hydrogen-bond acceptors (Lipinski definition) is 4. The van der Waals surface area contributed by atoms with Crippen LogP contribution in [0.4, 0.5) is 0 Å². The average Bonchev–Trinajstić information content (AvgIpc) is 2.55. The first kappa shape index (κ1) is 6.75. The molecule has 0 bridgehead atoms. The Balaban J connectivity index is 2.45. The quantitative estimate of drug-likeness (QED) is 0.736. The number of halogens is 1. The minimum atomic E-state index is 0.427. The lowest BCUT2D eigenvalue weighted by Gasteiger charge is -1.82. The second kappa shape index (κ2) is 2.60. The Morgan fingerprint density at radius 1 is 1.55 bits per heavy atom. The van der Waals surface area contributed by atoms with Crippen LogP contribution >= 0.6 is 23.1 Å². The van der Waals surface area contributed by atoms with E-state index in [-0.39, 0.29) is 0 Å². The van der Waals surface area contributed by atoms with Crippen LogP contribution in [0, 0.1) is 0 Å². The number of H-pyrrole nitrogens is 1. The van der Waals surface area contributed by atoms with Crippen molar-refractivity contribution in [1.82, 2.24) is 19.3 Å². The molecule has 6 heteroatoms. The van der Waals surface area contributed by atoms with Gasteiger partial charge in [0.15, 0.2) is 5.82 Å². The number of aromatic nitrogens is 4. The molecule has 2 aromatic heterocycles. The summed E-state index contributed by atoms with van der Waals surface area (Å²) < 4.78 is 4.39. The molecule has 0 fully saturated rings. The normalized spacial score (nSPS) is 10.3. The van der Waals surface area contributed by atoms with Gasteiger partial charge in [0.2, 0.25) is 10.3 Å². The van der Waals surface area contributed by atoms with E-state index >= 15 is 0 Å². The number of hydrogen-bond donors (Lipinski definition) is 1. The van der Waals surface area contributed by atoms with E-state index in [2.05, 4.69) is 19.3 Å². The first-order chi connectivity index (χ1) is 5.36. The maximum absolute atomic E-state index is 5.58. The zero-order valence-electron chi connectivity index (χ0n) is 5.28. The second-order valence-corrected chi connectivity index (χ2v) is 3.14. The summed E-state index contributed by atoms with van der Waals surface area (Å²) in [4.78, 5) is 10.8. The highest BCUT2D eigenvalue weighted by atomic mass is 35.5. The third-order valence-electron chi connectivity index (χ3n) is 1.11. The number of imidazole rings is 1. The van der Waals surface area contributed by atoms with Crippen LogP contribution < -0.4 is 0 Å². The standard InChI is InChI=1S/C5H3ClN4S/c6-5-9-4(10-11-5)3-7-1-2-8-3/h1-2H,(H,7,8). The fourth-order valence-electron chi connectivity index (χ4n) is 0.689. The Hall–Kier alpha value is -0.940. The van der Waals surface area contributed by atoms with E-state index in [1.807, 2.05) is 0 Å². The summed E-state index contributed by atoms with van der Waals surface area (Å²) in [6, 6.07) is 0. The second-order valence-electron chi connectivity index (χ2n) is 1.81. The van der Waals surface area contributed by atoms with Crippen LogP contribution in [0.15, 0.2) is 12.4 Å². The summed E-state index contributed by atoms with van der Waals surface area (Å²) in [5.74, 6) is 1.19. The average molecular weight is 187 g/mol. The molecule has 0 atom stereocenters. The van der Waals surface area contributed by atoms with Gasteiger partial charge in [-0.15, -0.1) is 0 Å². The lowest BCUT2D eigenvalue weighted by Crippen LogP contribution is -1.81. The minimum absolute atomic E-state index is 0.427. The fourth-order valence-corrected chi connectivity index (χ4v) is 1.29. The smallest absolute Gasteiger partial charge is 0.210 e. The highest BCUT2D eigenvalue weighted by Crippen LogP contribution is 2.16. The molecule has 0 saturated carbocycles. The third-order valence-corrected chi connectivity index (χ3v) is 1.91. The van der Waals surface area contributed by atoms with Crippen molar-refractivity contribution in [1.29, 1.82) is 0 Å². The van der Waals surface area contributed by atoms with Crippen molar-refractivity contribution >= 4 is 23.1 Å². The Labute approximate surface area is 71.4 Å². The summed E-state index contributed by atoms with van der Waals surface area (Å²) in [6.45, 7) is 0. The first-order valence-electron chi connectivity index (χ1n) is 2.85. The lowest BCUT2D eigenvalue weighted by atomic mass is 10.6. The molecule has 1 N–H and O–H groups in total. The van der Waals surface area contributed by atoms with Gasteiger partial charge >= 0.3 is 0 Å². The molecule has 0 amide bonds. The molecular weight excluding hydrogens is 184 g/mol. The zero-order valence-corrected chi connectivity index (χ0v) is 6.85. The summed E-state index contributed by atoms with van der Waals surface area (Å²) in [5.41, 5.74) is 0. The zero-order chi connectivity index (χ0) is 7.68. The molecule has 2 aromatic rings. The van der Waals surface area contributed by atoms with Crippen LogP contribution in [0.3, 0.4) is 0 Å². The summed E-state index contributed by atoms with van der Waals surface area (Å²) >= 11 is 6.73. The largest absolute Gasteiger partial charge is 0.342 e. The van der Waals surface area contributed by atoms with E-state index in [1.54, 1.807) is 12.4 Å².